The van der Waals surface area contributed by atoms with Crippen molar-refractivity contribution >= 4 is 5.97 Å². The van der Waals surface area contributed by atoms with E-state index in [4.69, 9.17) is 11.5 Å². The van der Waals surface area contributed by atoms with Crippen LogP contribution in [0.5, 0.6) is 0 Å². The van der Waals surface area contributed by atoms with E-state index in [1.807, 2.05) is 17.8 Å². The third-order valence-corrected chi connectivity index (χ3v) is 1.75. The second-order valence-corrected chi connectivity index (χ2v) is 3.07. The molecule has 0 saturated heterocycles. The number of aliphatic carboxylic acids is 1. The molecule has 6 nitrogen and oxygen atoms in total. The van der Waals surface area contributed by atoms with Crippen LogP contribution in [0.4, 0.5) is 0 Å². The molecule has 1 aromatic heterocycles. The van der Waals surface area contributed by atoms with Crippen LogP contribution in [0.3, 0.4) is 0 Å². The maximum Gasteiger partial charge on any atom is 0.243 e. The Hall–Kier alpha value is -1.40. The summed E-state index contributed by atoms with van der Waals surface area (Å²) in [7, 11) is 2.02. The molecule has 0 amide bonds. The van der Waals surface area contributed by atoms with Gasteiger partial charge in [-0.15, -0.1) is 0 Å². The number of carboxylic acids is 1. The zero-order valence-corrected chi connectivity index (χ0v) is 9.09. The molecular weight excluding hydrogens is 196 g/mol. The SMILES string of the molecule is CC[n+]1ccn(C)c1.NCC(N)C(=O)[O-]. The van der Waals surface area contributed by atoms with Crippen LogP contribution in [0.1, 0.15) is 6.92 Å². The average molecular weight is 214 g/mol. The number of carbonyl (C=O) groups is 1. The Morgan fingerprint density at radius 2 is 2.27 bits per heavy atom. The van der Waals surface area contributed by atoms with Crippen LogP contribution in [0.15, 0.2) is 18.7 Å². The van der Waals surface area contributed by atoms with Crippen molar-refractivity contribution in [3.8, 4) is 0 Å². The number of carboxylic acid groups (broad SMARTS) is 1. The Kier molecular flexibility index (Phi) is 6.32. The van der Waals surface area contributed by atoms with Crippen molar-refractivity contribution in [3.05, 3.63) is 18.7 Å². The minimum absolute atomic E-state index is 0.0671. The lowest BCUT2D eigenvalue weighted by Gasteiger charge is -2.06. The van der Waals surface area contributed by atoms with Gasteiger partial charge in [-0.05, 0) is 6.92 Å². The highest BCUT2D eigenvalue weighted by Crippen LogP contribution is 1.74. The van der Waals surface area contributed by atoms with E-state index < -0.39 is 12.0 Å². The van der Waals surface area contributed by atoms with E-state index in [1.54, 1.807) is 0 Å². The van der Waals surface area contributed by atoms with E-state index in [2.05, 4.69) is 24.0 Å². The summed E-state index contributed by atoms with van der Waals surface area (Å²) in [6.07, 6.45) is 6.14. The molecule has 1 heterocycles. The zero-order chi connectivity index (χ0) is 11.8. The highest BCUT2D eigenvalue weighted by atomic mass is 16.4. The monoisotopic (exact) mass is 214 g/mol. The van der Waals surface area contributed by atoms with E-state index in [9.17, 15) is 9.90 Å². The number of rotatable bonds is 3. The minimum Gasteiger partial charge on any atom is -0.548 e. The van der Waals surface area contributed by atoms with Gasteiger partial charge in [0.25, 0.3) is 0 Å². The fraction of sp³-hybridized carbons (Fsp3) is 0.556. The first-order chi connectivity index (χ1) is 7.01. The normalized spacial score (nSPS) is 11.5. The number of aromatic nitrogens is 2. The molecule has 0 aliphatic carbocycles. The molecule has 86 valence electrons. The van der Waals surface area contributed by atoms with Gasteiger partial charge in [0.1, 0.15) is 12.4 Å². The van der Waals surface area contributed by atoms with Gasteiger partial charge in [0.05, 0.1) is 25.6 Å². The van der Waals surface area contributed by atoms with Gasteiger partial charge in [0.15, 0.2) is 0 Å². The molecule has 0 spiro atoms. The molecule has 0 aromatic carbocycles. The predicted octanol–water partition coefficient (Wildman–Crippen LogP) is -2.65. The first-order valence-electron chi connectivity index (χ1n) is 4.68. The lowest BCUT2D eigenvalue weighted by Crippen LogP contribution is -2.46. The van der Waals surface area contributed by atoms with Gasteiger partial charge in [-0.1, -0.05) is 0 Å². The van der Waals surface area contributed by atoms with Crippen LogP contribution in [0.25, 0.3) is 0 Å². The van der Waals surface area contributed by atoms with Gasteiger partial charge in [-0.2, -0.15) is 0 Å². The second-order valence-electron chi connectivity index (χ2n) is 3.07. The number of imidazole rings is 1. The Labute approximate surface area is 89.1 Å². The van der Waals surface area contributed by atoms with Crippen LogP contribution in [-0.4, -0.2) is 23.1 Å². The van der Waals surface area contributed by atoms with Crippen molar-refractivity contribution in [1.82, 2.24) is 4.57 Å². The average Bonchev–Trinajstić information content (AvgIpc) is 2.63. The van der Waals surface area contributed by atoms with Crippen LogP contribution < -0.4 is 21.1 Å². The molecule has 1 aromatic rings. The lowest BCUT2D eigenvalue weighted by atomic mass is 10.3. The highest BCUT2D eigenvalue weighted by Gasteiger charge is 1.95. The number of nitrogens with two attached hydrogens (primary N) is 2. The minimum atomic E-state index is -1.30. The van der Waals surface area contributed by atoms with Gasteiger partial charge < -0.3 is 21.4 Å². The third-order valence-electron chi connectivity index (χ3n) is 1.75. The molecule has 4 N–H and O–H groups in total. The van der Waals surface area contributed by atoms with Crippen molar-refractivity contribution in [3.63, 3.8) is 0 Å². The summed E-state index contributed by atoms with van der Waals surface area (Å²) in [5, 5.41) is 9.61. The van der Waals surface area contributed by atoms with Crippen LogP contribution in [0.2, 0.25) is 0 Å². The molecular formula is C9H18N4O2. The van der Waals surface area contributed by atoms with Crippen molar-refractivity contribution in [2.75, 3.05) is 6.54 Å². The van der Waals surface area contributed by atoms with E-state index >= 15 is 0 Å². The first-order valence-corrected chi connectivity index (χ1v) is 4.68. The summed E-state index contributed by atoms with van der Waals surface area (Å²) in [4.78, 5) is 9.61. The molecule has 1 rings (SSSR count). The van der Waals surface area contributed by atoms with Crippen LogP contribution in [0, 0.1) is 0 Å². The van der Waals surface area contributed by atoms with Crippen molar-refractivity contribution in [1.29, 1.82) is 0 Å². The Balaban J connectivity index is 0.000000265. The molecule has 0 aliphatic heterocycles. The largest absolute Gasteiger partial charge is 0.548 e. The van der Waals surface area contributed by atoms with E-state index in [-0.39, 0.29) is 6.54 Å². The smallest absolute Gasteiger partial charge is 0.243 e. The fourth-order valence-corrected chi connectivity index (χ4v) is 0.785. The van der Waals surface area contributed by atoms with Gasteiger partial charge in [0, 0.05) is 6.54 Å². The van der Waals surface area contributed by atoms with Gasteiger partial charge in [-0.25, -0.2) is 9.13 Å². The highest BCUT2D eigenvalue weighted by molar-refractivity contribution is 5.70. The standard InChI is InChI=1S/C6H11N2.C3H8N2O2/c1-3-8-5-4-7(2)6-8;4-1-2(5)3(6)7/h4-6H,3H2,1-2H3;2H,1,4-5H2,(H,6,7)/q+1;/p-1. The van der Waals surface area contributed by atoms with Gasteiger partial charge in [-0.3, -0.25) is 0 Å². The van der Waals surface area contributed by atoms with Crippen LogP contribution >= 0.6 is 0 Å². The van der Waals surface area contributed by atoms with E-state index in [0.717, 1.165) is 6.54 Å². The number of aryl methyl sites for hydroxylation is 2. The summed E-state index contributed by atoms with van der Waals surface area (Å²) in [5.41, 5.74) is 9.66. The van der Waals surface area contributed by atoms with Crippen molar-refractivity contribution in [2.45, 2.75) is 19.5 Å². The molecule has 6 heteroatoms. The maximum absolute atomic E-state index is 9.61. The summed E-state index contributed by atoms with van der Waals surface area (Å²) >= 11 is 0. The molecule has 0 saturated carbocycles. The fourth-order valence-electron chi connectivity index (χ4n) is 0.785. The van der Waals surface area contributed by atoms with Crippen LogP contribution in [-0.2, 0) is 18.4 Å². The molecule has 0 fully saturated rings. The second kappa shape index (κ2) is 6.97. The van der Waals surface area contributed by atoms with Crippen molar-refractivity contribution in [2.24, 2.45) is 18.5 Å². The number of hydrogen-bond acceptors (Lipinski definition) is 4. The zero-order valence-electron chi connectivity index (χ0n) is 9.09. The topological polar surface area (TPSA) is 101 Å². The Bertz CT molecular complexity index is 298. The maximum atomic E-state index is 9.61. The number of hydrogen-bond donors (Lipinski definition) is 2. The summed E-state index contributed by atoms with van der Waals surface area (Å²) in [6, 6.07) is -1.01. The van der Waals surface area contributed by atoms with E-state index in [1.165, 1.54) is 0 Å². The summed E-state index contributed by atoms with van der Waals surface area (Å²) in [5.74, 6) is -1.30. The lowest BCUT2D eigenvalue weighted by molar-refractivity contribution is -0.693. The summed E-state index contributed by atoms with van der Waals surface area (Å²) < 4.78 is 4.16. The van der Waals surface area contributed by atoms with Crippen molar-refractivity contribution < 1.29 is 14.5 Å². The predicted molar refractivity (Wildman–Crippen MR) is 53.3 cm³/mol. The molecule has 0 aliphatic rings. The molecule has 0 radical (unpaired) electrons. The number of nitrogens with zero attached hydrogens (tertiary/aromatic N) is 2. The number of carbonyl (C=O) groups excluding carboxylic acids is 1. The van der Waals surface area contributed by atoms with Gasteiger partial charge >= 0.3 is 0 Å². The third kappa shape index (κ3) is 5.82. The molecule has 1 atom stereocenters. The molecule has 1 unspecified atom stereocenters. The Morgan fingerprint density at radius 3 is 2.40 bits per heavy atom. The first kappa shape index (κ1) is 13.6. The molecule has 0 bridgehead atoms. The van der Waals surface area contributed by atoms with E-state index in [0.29, 0.717) is 0 Å². The quantitative estimate of drug-likeness (QED) is 0.537. The summed E-state index contributed by atoms with van der Waals surface area (Å²) in [6.45, 7) is 3.11. The van der Waals surface area contributed by atoms with Gasteiger partial charge in [0.2, 0.25) is 6.33 Å². The Morgan fingerprint density at radius 1 is 1.67 bits per heavy atom. The molecule has 15 heavy (non-hydrogen) atoms.